The van der Waals surface area contributed by atoms with Crippen LogP contribution in [0, 0.1) is 12.8 Å². The summed E-state index contributed by atoms with van der Waals surface area (Å²) in [7, 11) is 2.23. The van der Waals surface area contributed by atoms with Crippen molar-refractivity contribution in [3.63, 3.8) is 0 Å². The van der Waals surface area contributed by atoms with E-state index >= 15 is 0 Å². The molecule has 0 amide bonds. The molecular formula is C54H63N3+2. The van der Waals surface area contributed by atoms with Gasteiger partial charge in [0.05, 0.1) is 22.1 Å². The molecule has 3 heteroatoms. The molecule has 3 nitrogen and oxygen atoms in total. The van der Waals surface area contributed by atoms with Crippen molar-refractivity contribution in [3.05, 3.63) is 144 Å². The van der Waals surface area contributed by atoms with Crippen LogP contribution in [0.4, 0.5) is 0 Å². The SMILES string of the molecule is CCCCCc1cc2[n+](cc1-c1ccccc1)C(C)(CC)C(CC)(CCc1ccc3c4ccccc4n(CC(C)C)c3c1-c1ccc(C)c[n+]1C)c1ccccc1-2. The molecule has 0 spiro atoms. The third-order valence-electron chi connectivity index (χ3n) is 13.8. The molecule has 57 heavy (non-hydrogen) atoms. The summed E-state index contributed by atoms with van der Waals surface area (Å²) in [5.74, 6) is 0.518. The first-order valence-corrected chi connectivity index (χ1v) is 21.9. The number of nitrogens with zero attached hydrogens (tertiary/aromatic N) is 3. The Bertz CT molecular complexity index is 2560. The maximum Gasteiger partial charge on any atom is 0.214 e. The molecule has 0 radical (unpaired) electrons. The number of unbranched alkanes of at least 4 members (excludes halogenated alkanes) is 2. The van der Waals surface area contributed by atoms with Crippen molar-refractivity contribution in [1.82, 2.24) is 4.57 Å². The fraction of sp³-hybridized carbons (Fsp3) is 0.370. The number of fused-ring (bicyclic) bond motifs is 6. The van der Waals surface area contributed by atoms with Gasteiger partial charge in [0.1, 0.15) is 7.05 Å². The highest BCUT2D eigenvalue weighted by Gasteiger charge is 2.58. The zero-order valence-corrected chi connectivity index (χ0v) is 35.8. The number of rotatable bonds is 13. The van der Waals surface area contributed by atoms with Crippen LogP contribution in [0.15, 0.2) is 122 Å². The molecule has 2 atom stereocenters. The van der Waals surface area contributed by atoms with Crippen LogP contribution < -0.4 is 9.13 Å². The van der Waals surface area contributed by atoms with Gasteiger partial charge in [0.15, 0.2) is 17.9 Å². The summed E-state index contributed by atoms with van der Waals surface area (Å²) in [6.45, 7) is 17.6. The summed E-state index contributed by atoms with van der Waals surface area (Å²) < 4.78 is 7.72. The van der Waals surface area contributed by atoms with Crippen molar-refractivity contribution < 1.29 is 9.13 Å². The third-order valence-corrected chi connectivity index (χ3v) is 13.8. The Morgan fingerprint density at radius 3 is 2.18 bits per heavy atom. The zero-order chi connectivity index (χ0) is 39.9. The second-order valence-electron chi connectivity index (χ2n) is 17.6. The Balaban J connectivity index is 1.34. The van der Waals surface area contributed by atoms with Crippen LogP contribution in [-0.2, 0) is 37.4 Å². The largest absolute Gasteiger partial charge is 0.340 e. The lowest BCUT2D eigenvalue weighted by Crippen LogP contribution is -2.68. The number of hydrogen-bond donors (Lipinski definition) is 0. The van der Waals surface area contributed by atoms with E-state index in [-0.39, 0.29) is 11.0 Å². The fourth-order valence-corrected chi connectivity index (χ4v) is 10.8. The van der Waals surface area contributed by atoms with E-state index in [1.165, 1.54) is 97.0 Å². The average molecular weight is 754 g/mol. The molecule has 3 aromatic heterocycles. The van der Waals surface area contributed by atoms with E-state index in [2.05, 4.69) is 191 Å². The van der Waals surface area contributed by atoms with Crippen LogP contribution in [0.2, 0.25) is 0 Å². The minimum absolute atomic E-state index is 0.0972. The lowest BCUT2D eigenvalue weighted by atomic mass is 9.57. The molecule has 0 bridgehead atoms. The van der Waals surface area contributed by atoms with Gasteiger partial charge in [0, 0.05) is 59.4 Å². The second-order valence-corrected chi connectivity index (χ2v) is 17.6. The zero-order valence-electron chi connectivity index (χ0n) is 35.8. The summed E-state index contributed by atoms with van der Waals surface area (Å²) >= 11 is 0. The summed E-state index contributed by atoms with van der Waals surface area (Å²) in [6.07, 6.45) is 13.8. The fourth-order valence-electron chi connectivity index (χ4n) is 10.8. The minimum atomic E-state index is -0.151. The van der Waals surface area contributed by atoms with Gasteiger partial charge in [0.25, 0.3) is 0 Å². The van der Waals surface area contributed by atoms with Crippen LogP contribution >= 0.6 is 0 Å². The van der Waals surface area contributed by atoms with Gasteiger partial charge in [-0.15, -0.1) is 0 Å². The monoisotopic (exact) mass is 754 g/mol. The number of para-hydroxylation sites is 1. The van der Waals surface area contributed by atoms with Crippen LogP contribution in [0.1, 0.15) is 102 Å². The summed E-state index contributed by atoms with van der Waals surface area (Å²) in [5.41, 5.74) is 16.3. The quantitative estimate of drug-likeness (QED) is 0.0821. The molecule has 8 rings (SSSR count). The standard InChI is InChI=1S/C54H63N3/c1-9-12-14-23-42-34-50-45-25-17-19-26-47(45)54(11-3,53(7,10-2)57(50)37-46(42)40-21-15-13-16-22-40)33-32-41-29-30-44-43-24-18-20-27-48(43)56(35-38(4)5)52(44)51(41)49-31-28-39(6)36-55(49)8/h13,15-22,24-31,34,36-38H,9-12,14,23,32-33,35H2,1-8H3/q+2. The minimum Gasteiger partial charge on any atom is -0.340 e. The normalized spacial score (nSPS) is 17.7. The Labute approximate surface area is 342 Å². The summed E-state index contributed by atoms with van der Waals surface area (Å²) in [4.78, 5) is 0. The molecule has 0 aliphatic carbocycles. The smallest absolute Gasteiger partial charge is 0.214 e. The summed E-state index contributed by atoms with van der Waals surface area (Å²) in [5, 5.41) is 2.70. The Morgan fingerprint density at radius 2 is 1.44 bits per heavy atom. The first kappa shape index (κ1) is 38.8. The van der Waals surface area contributed by atoms with Gasteiger partial charge < -0.3 is 4.57 Å². The maximum absolute atomic E-state index is 2.73. The van der Waals surface area contributed by atoms with Gasteiger partial charge >= 0.3 is 0 Å². The Hall–Kier alpha value is -5.02. The van der Waals surface area contributed by atoms with E-state index in [1.54, 1.807) is 0 Å². The van der Waals surface area contributed by atoms with Crippen molar-refractivity contribution in [2.75, 3.05) is 0 Å². The van der Waals surface area contributed by atoms with Gasteiger partial charge in [-0.05, 0) is 85.4 Å². The molecule has 2 unspecified atom stereocenters. The van der Waals surface area contributed by atoms with Gasteiger partial charge in [-0.2, -0.15) is 4.57 Å². The predicted octanol–water partition coefficient (Wildman–Crippen LogP) is 13.0. The van der Waals surface area contributed by atoms with Crippen molar-refractivity contribution in [2.45, 2.75) is 117 Å². The van der Waals surface area contributed by atoms with Crippen molar-refractivity contribution in [1.29, 1.82) is 0 Å². The van der Waals surface area contributed by atoms with Gasteiger partial charge in [-0.25, -0.2) is 4.57 Å². The van der Waals surface area contributed by atoms with Crippen LogP contribution in [0.25, 0.3) is 55.4 Å². The van der Waals surface area contributed by atoms with Crippen molar-refractivity contribution in [2.24, 2.45) is 13.0 Å². The second kappa shape index (κ2) is 15.7. The number of aromatic nitrogens is 3. The van der Waals surface area contributed by atoms with E-state index in [4.69, 9.17) is 0 Å². The first-order valence-electron chi connectivity index (χ1n) is 21.9. The number of benzene rings is 4. The highest BCUT2D eigenvalue weighted by atomic mass is 15.1. The van der Waals surface area contributed by atoms with E-state index in [0.29, 0.717) is 5.92 Å². The summed E-state index contributed by atoms with van der Waals surface area (Å²) in [6, 6.07) is 41.8. The number of pyridine rings is 2. The van der Waals surface area contributed by atoms with Gasteiger partial charge in [-0.3, -0.25) is 0 Å². The van der Waals surface area contributed by atoms with Crippen LogP contribution in [0.3, 0.4) is 0 Å². The Kier molecular flexibility index (Phi) is 10.7. The molecular weight excluding hydrogens is 691 g/mol. The molecule has 7 aromatic rings. The predicted molar refractivity (Wildman–Crippen MR) is 241 cm³/mol. The van der Waals surface area contributed by atoms with Crippen LogP contribution in [0.5, 0.6) is 0 Å². The number of hydrogen-bond acceptors (Lipinski definition) is 0. The molecule has 4 heterocycles. The molecule has 4 aromatic carbocycles. The molecule has 1 aliphatic rings. The van der Waals surface area contributed by atoms with Crippen molar-refractivity contribution in [3.8, 4) is 33.6 Å². The molecule has 292 valence electrons. The molecule has 0 N–H and O–H groups in total. The molecule has 0 saturated heterocycles. The topological polar surface area (TPSA) is 12.7 Å². The van der Waals surface area contributed by atoms with E-state index < -0.39 is 0 Å². The first-order chi connectivity index (χ1) is 27.7. The van der Waals surface area contributed by atoms with E-state index in [1.807, 2.05) is 0 Å². The van der Waals surface area contributed by atoms with Crippen molar-refractivity contribution >= 4 is 21.8 Å². The maximum atomic E-state index is 2.73. The Morgan fingerprint density at radius 1 is 0.684 bits per heavy atom. The van der Waals surface area contributed by atoms with E-state index in [0.717, 1.165) is 38.6 Å². The lowest BCUT2D eigenvalue weighted by Gasteiger charge is -2.48. The highest BCUT2D eigenvalue weighted by molar-refractivity contribution is 6.12. The molecule has 0 saturated carbocycles. The third kappa shape index (κ3) is 6.52. The average Bonchev–Trinajstić information content (AvgIpc) is 3.53. The van der Waals surface area contributed by atoms with Gasteiger partial charge in [-0.1, -0.05) is 126 Å². The number of aryl methyl sites for hydroxylation is 4. The molecule has 0 fully saturated rings. The lowest BCUT2D eigenvalue weighted by molar-refractivity contribution is -0.765. The van der Waals surface area contributed by atoms with E-state index in [9.17, 15) is 0 Å². The highest BCUT2D eigenvalue weighted by Crippen LogP contribution is 2.53. The molecule has 1 aliphatic heterocycles. The van der Waals surface area contributed by atoms with Gasteiger partial charge in [0.2, 0.25) is 11.4 Å². The van der Waals surface area contributed by atoms with Crippen LogP contribution in [-0.4, -0.2) is 4.57 Å².